The van der Waals surface area contributed by atoms with Crippen molar-refractivity contribution in [3.63, 3.8) is 0 Å². The molecule has 1 aromatic carbocycles. The molecule has 0 fully saturated rings. The topological polar surface area (TPSA) is 92.9 Å². The molecule has 0 aliphatic heterocycles. The van der Waals surface area contributed by atoms with Gasteiger partial charge in [-0.25, -0.2) is 4.98 Å². The van der Waals surface area contributed by atoms with Crippen LogP contribution in [0, 0.1) is 18.3 Å². The number of nitrogens with two attached hydrogens (primary N) is 1. The zero-order valence-corrected chi connectivity index (χ0v) is 10.9. The summed E-state index contributed by atoms with van der Waals surface area (Å²) in [5, 5.41) is 13.4. The van der Waals surface area contributed by atoms with Gasteiger partial charge in [0.2, 0.25) is 0 Å². The van der Waals surface area contributed by atoms with Crippen LogP contribution in [0.15, 0.2) is 30.3 Å². The Balaban J connectivity index is 2.08. The lowest BCUT2D eigenvalue weighted by Crippen LogP contribution is -2.06. The van der Waals surface area contributed by atoms with Crippen molar-refractivity contribution in [3.8, 4) is 6.07 Å². The third-order valence-electron chi connectivity index (χ3n) is 3.06. The summed E-state index contributed by atoms with van der Waals surface area (Å²) in [4.78, 5) is 8.61. The molecule has 0 unspecified atom stereocenters. The van der Waals surface area contributed by atoms with Crippen LogP contribution < -0.4 is 5.73 Å². The van der Waals surface area contributed by atoms with Gasteiger partial charge in [-0.3, -0.25) is 0 Å². The number of benzene rings is 1. The third-order valence-corrected chi connectivity index (χ3v) is 3.06. The maximum absolute atomic E-state index is 9.07. The number of hydrogen-bond acceptors (Lipinski definition) is 5. The van der Waals surface area contributed by atoms with Crippen molar-refractivity contribution in [1.29, 1.82) is 5.26 Å². The summed E-state index contributed by atoms with van der Waals surface area (Å²) in [7, 11) is 0. The molecule has 2 aromatic heterocycles. The van der Waals surface area contributed by atoms with E-state index in [1.165, 1.54) is 4.52 Å². The Bertz CT molecular complexity index is 813. The molecule has 0 aliphatic carbocycles. The molecule has 0 atom stereocenters. The van der Waals surface area contributed by atoms with Gasteiger partial charge in [-0.05, 0) is 12.5 Å². The Morgan fingerprint density at radius 1 is 1.25 bits per heavy atom. The van der Waals surface area contributed by atoms with Gasteiger partial charge in [0.15, 0.2) is 5.82 Å². The molecule has 0 saturated carbocycles. The van der Waals surface area contributed by atoms with E-state index in [0.29, 0.717) is 29.3 Å². The molecule has 0 radical (unpaired) electrons. The fraction of sp³-hybridized carbons (Fsp3) is 0.143. The molecular formula is C14H12N6. The maximum atomic E-state index is 9.07. The Kier molecular flexibility index (Phi) is 2.80. The van der Waals surface area contributed by atoms with Crippen LogP contribution >= 0.6 is 0 Å². The quantitative estimate of drug-likeness (QED) is 0.756. The summed E-state index contributed by atoms with van der Waals surface area (Å²) >= 11 is 0. The van der Waals surface area contributed by atoms with E-state index in [4.69, 9.17) is 11.0 Å². The fourth-order valence-electron chi connectivity index (χ4n) is 2.07. The molecule has 0 aliphatic rings. The average molecular weight is 264 g/mol. The van der Waals surface area contributed by atoms with Crippen molar-refractivity contribution in [2.75, 3.05) is 5.73 Å². The Hall–Kier alpha value is -2.94. The number of fused-ring (bicyclic) bond motifs is 1. The Morgan fingerprint density at radius 3 is 2.70 bits per heavy atom. The van der Waals surface area contributed by atoms with Crippen molar-refractivity contribution in [3.05, 3.63) is 53.0 Å². The lowest BCUT2D eigenvalue weighted by Gasteiger charge is -2.01. The van der Waals surface area contributed by atoms with E-state index in [0.717, 1.165) is 5.56 Å². The van der Waals surface area contributed by atoms with Crippen LogP contribution in [0.25, 0.3) is 5.78 Å². The molecule has 2 heterocycles. The van der Waals surface area contributed by atoms with Gasteiger partial charge in [0.1, 0.15) is 17.5 Å². The predicted octanol–water partition coefficient (Wildman–Crippen LogP) is 1.48. The van der Waals surface area contributed by atoms with Gasteiger partial charge >= 0.3 is 0 Å². The van der Waals surface area contributed by atoms with Crippen molar-refractivity contribution in [1.82, 2.24) is 19.6 Å². The van der Waals surface area contributed by atoms with E-state index in [-0.39, 0.29) is 5.82 Å². The first-order valence-electron chi connectivity index (χ1n) is 6.15. The number of aryl methyl sites for hydroxylation is 1. The molecule has 6 nitrogen and oxygen atoms in total. The van der Waals surface area contributed by atoms with Crippen LogP contribution in [-0.4, -0.2) is 19.6 Å². The van der Waals surface area contributed by atoms with Gasteiger partial charge < -0.3 is 5.73 Å². The first-order chi connectivity index (χ1) is 9.69. The molecule has 20 heavy (non-hydrogen) atoms. The number of rotatable bonds is 2. The van der Waals surface area contributed by atoms with Crippen molar-refractivity contribution in [2.24, 2.45) is 0 Å². The SMILES string of the molecule is Cc1nc2nc(Cc3ccccc3)nn2c(N)c1C#N. The van der Waals surface area contributed by atoms with E-state index in [2.05, 4.69) is 15.1 Å². The van der Waals surface area contributed by atoms with Gasteiger partial charge in [-0.2, -0.15) is 14.8 Å². The van der Waals surface area contributed by atoms with Crippen LogP contribution in [0.5, 0.6) is 0 Å². The number of aromatic nitrogens is 4. The molecule has 0 saturated heterocycles. The first kappa shape index (κ1) is 12.1. The number of hydrogen-bond donors (Lipinski definition) is 1. The molecule has 2 N–H and O–H groups in total. The minimum atomic E-state index is 0.279. The van der Waals surface area contributed by atoms with Crippen molar-refractivity contribution in [2.45, 2.75) is 13.3 Å². The summed E-state index contributed by atoms with van der Waals surface area (Å²) in [5.74, 6) is 1.33. The molecule has 6 heteroatoms. The highest BCUT2D eigenvalue weighted by molar-refractivity contribution is 5.55. The van der Waals surface area contributed by atoms with E-state index in [1.807, 2.05) is 36.4 Å². The van der Waals surface area contributed by atoms with E-state index in [1.54, 1.807) is 6.92 Å². The van der Waals surface area contributed by atoms with Crippen molar-refractivity contribution >= 4 is 11.6 Å². The van der Waals surface area contributed by atoms with Crippen LogP contribution in [0.4, 0.5) is 5.82 Å². The summed E-state index contributed by atoms with van der Waals surface area (Å²) in [5.41, 5.74) is 7.95. The molecule has 3 aromatic rings. The number of nitriles is 1. The third kappa shape index (κ3) is 1.95. The molecule has 0 bridgehead atoms. The summed E-state index contributed by atoms with van der Waals surface area (Å²) in [6, 6.07) is 12.0. The Labute approximate surface area is 115 Å². The smallest absolute Gasteiger partial charge is 0.254 e. The number of anilines is 1. The fourth-order valence-corrected chi connectivity index (χ4v) is 2.07. The minimum absolute atomic E-state index is 0.279. The zero-order valence-electron chi connectivity index (χ0n) is 10.9. The van der Waals surface area contributed by atoms with Crippen LogP contribution in [0.1, 0.15) is 22.6 Å². The zero-order chi connectivity index (χ0) is 14.1. The summed E-state index contributed by atoms with van der Waals surface area (Å²) < 4.78 is 1.42. The highest BCUT2D eigenvalue weighted by Gasteiger charge is 2.13. The van der Waals surface area contributed by atoms with E-state index >= 15 is 0 Å². The molecule has 98 valence electrons. The lowest BCUT2D eigenvalue weighted by atomic mass is 10.1. The van der Waals surface area contributed by atoms with Gasteiger partial charge in [0, 0.05) is 6.42 Å². The minimum Gasteiger partial charge on any atom is -0.382 e. The summed E-state index contributed by atoms with van der Waals surface area (Å²) in [6.07, 6.45) is 0.602. The second-order valence-electron chi connectivity index (χ2n) is 4.47. The average Bonchev–Trinajstić information content (AvgIpc) is 2.83. The predicted molar refractivity (Wildman–Crippen MR) is 73.9 cm³/mol. The number of nitrogens with zero attached hydrogens (tertiary/aromatic N) is 5. The highest BCUT2D eigenvalue weighted by Crippen LogP contribution is 2.16. The summed E-state index contributed by atoms with van der Waals surface area (Å²) in [6.45, 7) is 1.74. The van der Waals surface area contributed by atoms with Crippen LogP contribution in [-0.2, 0) is 6.42 Å². The molecular weight excluding hydrogens is 252 g/mol. The maximum Gasteiger partial charge on any atom is 0.254 e. The Morgan fingerprint density at radius 2 is 2.00 bits per heavy atom. The standard InChI is InChI=1S/C14H12N6/c1-9-11(8-15)13(16)20-14(17-9)18-12(19-20)7-10-5-3-2-4-6-10/h2-6H,7,16H2,1H3. The molecule has 0 spiro atoms. The van der Waals surface area contributed by atoms with Crippen LogP contribution in [0.3, 0.4) is 0 Å². The second kappa shape index (κ2) is 4.63. The van der Waals surface area contributed by atoms with E-state index in [9.17, 15) is 0 Å². The molecule has 3 rings (SSSR count). The van der Waals surface area contributed by atoms with Gasteiger partial charge in [-0.1, -0.05) is 30.3 Å². The monoisotopic (exact) mass is 264 g/mol. The van der Waals surface area contributed by atoms with Gasteiger partial charge in [-0.15, -0.1) is 5.10 Å². The van der Waals surface area contributed by atoms with E-state index < -0.39 is 0 Å². The number of nitrogen functional groups attached to an aromatic ring is 1. The van der Waals surface area contributed by atoms with Crippen LogP contribution in [0.2, 0.25) is 0 Å². The van der Waals surface area contributed by atoms with Gasteiger partial charge in [0.05, 0.1) is 5.69 Å². The molecule has 0 amide bonds. The first-order valence-corrected chi connectivity index (χ1v) is 6.15. The second-order valence-corrected chi connectivity index (χ2v) is 4.47. The largest absolute Gasteiger partial charge is 0.382 e. The highest BCUT2D eigenvalue weighted by atomic mass is 15.4. The van der Waals surface area contributed by atoms with Gasteiger partial charge in [0.25, 0.3) is 5.78 Å². The van der Waals surface area contributed by atoms with Crippen molar-refractivity contribution < 1.29 is 0 Å². The normalized spacial score (nSPS) is 10.6. The lowest BCUT2D eigenvalue weighted by molar-refractivity contribution is 0.894.